The smallest absolute Gasteiger partial charge is 0.00139 e. The Hall–Kier alpha value is -4.68. The minimum absolute atomic E-state index is 1.24. The molecule has 0 N–H and O–H groups in total. The third-order valence-corrected chi connectivity index (χ3v) is 7.26. The van der Waals surface area contributed by atoms with Crippen LogP contribution in [0.4, 0.5) is 0 Å². The van der Waals surface area contributed by atoms with Crippen LogP contribution in [-0.4, -0.2) is 0 Å². The van der Waals surface area contributed by atoms with Gasteiger partial charge in [0.05, 0.1) is 0 Å². The van der Waals surface area contributed by atoms with Crippen molar-refractivity contribution in [2.45, 2.75) is 0 Å². The normalized spacial score (nSPS) is 11.3. The maximum Gasteiger partial charge on any atom is -0.00139 e. The van der Waals surface area contributed by atoms with Crippen molar-refractivity contribution in [2.24, 2.45) is 0 Å². The van der Waals surface area contributed by atoms with Gasteiger partial charge in [0.2, 0.25) is 0 Å². The van der Waals surface area contributed by atoms with Crippen LogP contribution in [0.15, 0.2) is 146 Å². The van der Waals surface area contributed by atoms with Gasteiger partial charge in [0.15, 0.2) is 0 Å². The van der Waals surface area contributed by atoms with Crippen molar-refractivity contribution in [3.05, 3.63) is 146 Å². The van der Waals surface area contributed by atoms with Crippen LogP contribution < -0.4 is 0 Å². The second-order valence-corrected chi connectivity index (χ2v) is 9.28. The van der Waals surface area contributed by atoms with Gasteiger partial charge < -0.3 is 0 Å². The van der Waals surface area contributed by atoms with Crippen LogP contribution in [0, 0.1) is 0 Å². The lowest BCUT2D eigenvalue weighted by atomic mass is 9.83. The van der Waals surface area contributed by atoms with E-state index in [1.165, 1.54) is 65.7 Å². The number of benzene rings is 7. The molecule has 7 aromatic rings. The maximum absolute atomic E-state index is 2.31. The van der Waals surface area contributed by atoms with Crippen LogP contribution in [0.3, 0.4) is 0 Å². The van der Waals surface area contributed by atoms with E-state index in [-0.39, 0.29) is 0 Å². The Balaban J connectivity index is 1.75. The van der Waals surface area contributed by atoms with Crippen LogP contribution in [0.2, 0.25) is 0 Å². The molecule has 7 aromatic carbocycles. The predicted octanol–water partition coefficient (Wildman–Crippen LogP) is 10.1. The Kier molecular flexibility index (Phi) is 4.89. The fourth-order valence-electron chi connectivity index (χ4n) is 5.71. The molecule has 0 fully saturated rings. The fourth-order valence-corrected chi connectivity index (χ4v) is 5.71. The predicted molar refractivity (Wildman–Crippen MR) is 155 cm³/mol. The fraction of sp³-hybridized carbons (Fsp3) is 0. The van der Waals surface area contributed by atoms with Crippen LogP contribution >= 0.6 is 0 Å². The first kappa shape index (κ1) is 20.7. The first-order chi connectivity index (χ1) is 17.9. The van der Waals surface area contributed by atoms with E-state index in [1.807, 2.05) is 0 Å². The Morgan fingerprint density at radius 3 is 1.08 bits per heavy atom. The monoisotopic (exact) mass is 456 g/mol. The van der Waals surface area contributed by atoms with Gasteiger partial charge in [-0.2, -0.15) is 0 Å². The number of rotatable bonds is 3. The molecule has 0 aromatic heterocycles. The molecule has 0 nitrogen and oxygen atoms in total. The lowest BCUT2D eigenvalue weighted by Crippen LogP contribution is -1.92. The molecule has 0 aliphatic heterocycles. The van der Waals surface area contributed by atoms with E-state index in [2.05, 4.69) is 146 Å². The van der Waals surface area contributed by atoms with Crippen molar-refractivity contribution in [1.82, 2.24) is 0 Å². The Morgan fingerprint density at radius 2 is 0.583 bits per heavy atom. The largest absolute Gasteiger partial charge is 0.0622 e. The highest BCUT2D eigenvalue weighted by Crippen LogP contribution is 2.46. The maximum atomic E-state index is 2.31. The summed E-state index contributed by atoms with van der Waals surface area (Å²) < 4.78 is 0. The molecular weight excluding hydrogens is 432 g/mol. The van der Waals surface area contributed by atoms with Gasteiger partial charge in [0.1, 0.15) is 0 Å². The molecule has 0 heteroatoms. The van der Waals surface area contributed by atoms with Crippen molar-refractivity contribution >= 4 is 32.3 Å². The summed E-state index contributed by atoms with van der Waals surface area (Å²) in [6, 6.07) is 52.6. The summed E-state index contributed by atoms with van der Waals surface area (Å²) in [7, 11) is 0. The molecule has 0 saturated carbocycles. The second kappa shape index (κ2) is 8.52. The molecular formula is C36H24. The van der Waals surface area contributed by atoms with Crippen LogP contribution in [0.25, 0.3) is 65.7 Å². The van der Waals surface area contributed by atoms with Crippen molar-refractivity contribution < 1.29 is 0 Å². The van der Waals surface area contributed by atoms with Gasteiger partial charge in [-0.05, 0) is 65.7 Å². The Morgan fingerprint density at radius 1 is 0.222 bits per heavy atom. The van der Waals surface area contributed by atoms with Crippen LogP contribution in [0.5, 0.6) is 0 Å². The zero-order valence-corrected chi connectivity index (χ0v) is 19.9. The van der Waals surface area contributed by atoms with Gasteiger partial charge in [-0.3, -0.25) is 0 Å². The van der Waals surface area contributed by atoms with E-state index >= 15 is 0 Å². The third-order valence-electron chi connectivity index (χ3n) is 7.26. The highest BCUT2D eigenvalue weighted by Gasteiger charge is 2.18. The molecule has 0 unspecified atom stereocenters. The van der Waals surface area contributed by atoms with E-state index in [0.29, 0.717) is 0 Å². The molecule has 0 bridgehead atoms. The average molecular weight is 457 g/mol. The van der Waals surface area contributed by atoms with Gasteiger partial charge in [-0.25, -0.2) is 0 Å². The van der Waals surface area contributed by atoms with Crippen molar-refractivity contribution in [3.63, 3.8) is 0 Å². The summed E-state index contributed by atoms with van der Waals surface area (Å²) in [5.74, 6) is 0. The van der Waals surface area contributed by atoms with Gasteiger partial charge in [-0.1, -0.05) is 146 Å². The average Bonchev–Trinajstić information content (AvgIpc) is 2.97. The summed E-state index contributed by atoms with van der Waals surface area (Å²) in [6.07, 6.45) is 0. The Labute approximate surface area is 211 Å². The van der Waals surface area contributed by atoms with E-state index in [9.17, 15) is 0 Å². The summed E-state index contributed by atoms with van der Waals surface area (Å²) >= 11 is 0. The summed E-state index contributed by atoms with van der Waals surface area (Å²) in [4.78, 5) is 0. The first-order valence-corrected chi connectivity index (χ1v) is 12.5. The zero-order chi connectivity index (χ0) is 23.9. The SMILES string of the molecule is c1ccc(-c2cccc3c2c2ccccc2c2c(-c4ccccc4)ccc(-c4ccccc4)c32)cc1. The first-order valence-electron chi connectivity index (χ1n) is 12.5. The molecule has 0 aliphatic carbocycles. The number of fused-ring (bicyclic) bond motifs is 6. The highest BCUT2D eigenvalue weighted by molar-refractivity contribution is 6.33. The molecule has 0 atom stereocenters. The molecule has 36 heavy (non-hydrogen) atoms. The van der Waals surface area contributed by atoms with Crippen LogP contribution in [0.1, 0.15) is 0 Å². The lowest BCUT2D eigenvalue weighted by Gasteiger charge is -2.19. The van der Waals surface area contributed by atoms with E-state index in [4.69, 9.17) is 0 Å². The molecule has 7 rings (SSSR count). The van der Waals surface area contributed by atoms with Gasteiger partial charge >= 0.3 is 0 Å². The van der Waals surface area contributed by atoms with Crippen molar-refractivity contribution in [2.75, 3.05) is 0 Å². The Bertz CT molecular complexity index is 1850. The molecule has 0 saturated heterocycles. The van der Waals surface area contributed by atoms with Crippen LogP contribution in [-0.2, 0) is 0 Å². The second-order valence-electron chi connectivity index (χ2n) is 9.28. The standard InChI is InChI=1S/C36H24/c1-4-13-25(14-5-1)28-21-12-22-33-34(28)31-19-10-11-20-32(31)35-29(26-15-6-2-7-16-26)23-24-30(36(33)35)27-17-8-3-9-18-27/h1-24H. The molecule has 0 heterocycles. The molecule has 0 spiro atoms. The molecule has 168 valence electrons. The van der Waals surface area contributed by atoms with Gasteiger partial charge in [-0.15, -0.1) is 0 Å². The lowest BCUT2D eigenvalue weighted by molar-refractivity contribution is 1.63. The van der Waals surface area contributed by atoms with Crippen molar-refractivity contribution in [1.29, 1.82) is 0 Å². The van der Waals surface area contributed by atoms with E-state index < -0.39 is 0 Å². The minimum Gasteiger partial charge on any atom is -0.0622 e. The van der Waals surface area contributed by atoms with E-state index in [0.717, 1.165) is 0 Å². The quantitative estimate of drug-likeness (QED) is 0.232. The summed E-state index contributed by atoms with van der Waals surface area (Å²) in [5, 5.41) is 7.82. The summed E-state index contributed by atoms with van der Waals surface area (Å²) in [5.41, 5.74) is 7.54. The number of hydrogen-bond acceptors (Lipinski definition) is 0. The molecule has 0 radical (unpaired) electrons. The highest BCUT2D eigenvalue weighted by atomic mass is 14.2. The number of hydrogen-bond donors (Lipinski definition) is 0. The summed E-state index contributed by atoms with van der Waals surface area (Å²) in [6.45, 7) is 0. The van der Waals surface area contributed by atoms with Crippen molar-refractivity contribution in [3.8, 4) is 33.4 Å². The topological polar surface area (TPSA) is 0 Å². The minimum atomic E-state index is 1.24. The third kappa shape index (κ3) is 3.23. The van der Waals surface area contributed by atoms with Gasteiger partial charge in [0, 0.05) is 0 Å². The van der Waals surface area contributed by atoms with Gasteiger partial charge in [0.25, 0.3) is 0 Å². The van der Waals surface area contributed by atoms with E-state index in [1.54, 1.807) is 0 Å². The molecule has 0 aliphatic rings. The zero-order valence-electron chi connectivity index (χ0n) is 19.9. The molecule has 0 amide bonds.